The van der Waals surface area contributed by atoms with Gasteiger partial charge in [-0.15, -0.1) is 22.7 Å². The standard InChI is InChI=1S/C17H14N4OS2/c1-8-5-9(2)10-7-11-13(18)14(24-16(11)20-12(10)6-8)15(22)21-17-19-3-4-23-17/h3-7H,18H2,1-2H3,(H,19,21,22). The molecule has 3 heterocycles. The highest BCUT2D eigenvalue weighted by atomic mass is 32.1. The molecule has 7 heteroatoms. The number of aryl methyl sites for hydroxylation is 2. The minimum absolute atomic E-state index is 0.248. The molecule has 5 nitrogen and oxygen atoms in total. The van der Waals surface area contributed by atoms with Gasteiger partial charge in [-0.25, -0.2) is 9.97 Å². The number of hydrogen-bond acceptors (Lipinski definition) is 6. The largest absolute Gasteiger partial charge is 0.397 e. The lowest BCUT2D eigenvalue weighted by Gasteiger charge is -2.04. The number of hydrogen-bond donors (Lipinski definition) is 2. The first kappa shape index (κ1) is 15.0. The second-order valence-corrected chi connectivity index (χ2v) is 7.52. The van der Waals surface area contributed by atoms with E-state index in [9.17, 15) is 4.79 Å². The third-order valence-electron chi connectivity index (χ3n) is 3.84. The van der Waals surface area contributed by atoms with Gasteiger partial charge >= 0.3 is 0 Å². The number of nitrogens with two attached hydrogens (primary N) is 1. The van der Waals surface area contributed by atoms with E-state index >= 15 is 0 Å². The lowest BCUT2D eigenvalue weighted by atomic mass is 10.1. The van der Waals surface area contributed by atoms with Gasteiger partial charge in [0.25, 0.3) is 5.91 Å². The minimum Gasteiger partial charge on any atom is -0.397 e. The third-order valence-corrected chi connectivity index (χ3v) is 5.65. The van der Waals surface area contributed by atoms with Gasteiger partial charge < -0.3 is 5.73 Å². The molecule has 0 aliphatic heterocycles. The van der Waals surface area contributed by atoms with Gasteiger partial charge in [0, 0.05) is 22.3 Å². The van der Waals surface area contributed by atoms with Crippen LogP contribution in [0.2, 0.25) is 0 Å². The Balaban J connectivity index is 1.86. The van der Waals surface area contributed by atoms with Crippen LogP contribution in [0, 0.1) is 13.8 Å². The maximum atomic E-state index is 12.5. The summed E-state index contributed by atoms with van der Waals surface area (Å²) in [6.45, 7) is 4.11. The number of fused-ring (bicyclic) bond motifs is 2. The molecule has 3 N–H and O–H groups in total. The summed E-state index contributed by atoms with van der Waals surface area (Å²) in [5.74, 6) is -0.248. The van der Waals surface area contributed by atoms with Crippen molar-refractivity contribution >= 4 is 60.5 Å². The fourth-order valence-electron chi connectivity index (χ4n) is 2.76. The molecule has 3 aromatic heterocycles. The van der Waals surface area contributed by atoms with Crippen LogP contribution < -0.4 is 11.1 Å². The van der Waals surface area contributed by atoms with E-state index in [0.29, 0.717) is 15.7 Å². The van der Waals surface area contributed by atoms with Crippen molar-refractivity contribution in [3.63, 3.8) is 0 Å². The fraction of sp³-hybridized carbons (Fsp3) is 0.118. The third kappa shape index (κ3) is 2.42. The molecule has 1 amide bonds. The average Bonchev–Trinajstić information content (AvgIpc) is 3.14. The number of carbonyl (C=O) groups is 1. The Morgan fingerprint density at radius 2 is 2.04 bits per heavy atom. The zero-order valence-electron chi connectivity index (χ0n) is 13.1. The van der Waals surface area contributed by atoms with Crippen LogP contribution in [0.25, 0.3) is 21.1 Å². The van der Waals surface area contributed by atoms with Crippen molar-refractivity contribution in [3.05, 3.63) is 45.8 Å². The van der Waals surface area contributed by atoms with Crippen LogP contribution in [0.5, 0.6) is 0 Å². The number of nitrogens with zero attached hydrogens (tertiary/aromatic N) is 2. The van der Waals surface area contributed by atoms with Crippen molar-refractivity contribution in [2.75, 3.05) is 11.1 Å². The van der Waals surface area contributed by atoms with E-state index in [1.807, 2.05) is 24.4 Å². The van der Waals surface area contributed by atoms with Gasteiger partial charge in [0.1, 0.15) is 9.71 Å². The number of amides is 1. The molecule has 4 aromatic rings. The van der Waals surface area contributed by atoms with Crippen LogP contribution in [0.1, 0.15) is 20.8 Å². The predicted molar refractivity (Wildman–Crippen MR) is 101 cm³/mol. The molecule has 0 saturated heterocycles. The van der Waals surface area contributed by atoms with E-state index < -0.39 is 0 Å². The SMILES string of the molecule is Cc1cc(C)c2cc3c(N)c(C(=O)Nc4nccs4)sc3nc2c1. The molecular weight excluding hydrogens is 340 g/mol. The van der Waals surface area contributed by atoms with Crippen LogP contribution in [-0.4, -0.2) is 15.9 Å². The van der Waals surface area contributed by atoms with Crippen molar-refractivity contribution in [1.82, 2.24) is 9.97 Å². The Morgan fingerprint density at radius 3 is 2.79 bits per heavy atom. The topological polar surface area (TPSA) is 80.9 Å². The highest BCUT2D eigenvalue weighted by Crippen LogP contribution is 2.36. The Labute approximate surface area is 146 Å². The smallest absolute Gasteiger partial charge is 0.269 e. The Morgan fingerprint density at radius 1 is 1.21 bits per heavy atom. The monoisotopic (exact) mass is 354 g/mol. The number of nitrogen functional groups attached to an aromatic ring is 1. The summed E-state index contributed by atoms with van der Waals surface area (Å²) in [6, 6.07) is 6.19. The molecule has 0 atom stereocenters. The number of thiophene rings is 1. The van der Waals surface area contributed by atoms with Crippen LogP contribution >= 0.6 is 22.7 Å². The number of rotatable bonds is 2. The molecule has 0 bridgehead atoms. The zero-order chi connectivity index (χ0) is 16.8. The van der Waals surface area contributed by atoms with Crippen molar-refractivity contribution < 1.29 is 4.79 Å². The number of anilines is 2. The van der Waals surface area contributed by atoms with Gasteiger partial charge in [-0.05, 0) is 37.1 Å². The molecule has 24 heavy (non-hydrogen) atoms. The lowest BCUT2D eigenvalue weighted by molar-refractivity contribution is 0.103. The normalized spacial score (nSPS) is 11.2. The maximum Gasteiger partial charge on any atom is 0.269 e. The predicted octanol–water partition coefficient (Wildman–Crippen LogP) is 4.36. The Kier molecular flexibility index (Phi) is 3.47. The fourth-order valence-corrected chi connectivity index (χ4v) is 4.27. The number of thiazole rings is 1. The Bertz CT molecular complexity index is 1080. The molecule has 0 radical (unpaired) electrons. The molecule has 0 aliphatic rings. The van der Waals surface area contributed by atoms with Crippen molar-refractivity contribution in [2.45, 2.75) is 13.8 Å². The highest BCUT2D eigenvalue weighted by Gasteiger charge is 2.19. The van der Waals surface area contributed by atoms with Crippen LogP contribution in [-0.2, 0) is 0 Å². The molecule has 0 spiro atoms. The van der Waals surface area contributed by atoms with Crippen molar-refractivity contribution in [3.8, 4) is 0 Å². The first-order valence-corrected chi connectivity index (χ1v) is 9.03. The highest BCUT2D eigenvalue weighted by molar-refractivity contribution is 7.21. The number of benzene rings is 1. The van der Waals surface area contributed by atoms with E-state index in [1.165, 1.54) is 22.7 Å². The number of aromatic nitrogens is 2. The summed E-state index contributed by atoms with van der Waals surface area (Å²) in [4.78, 5) is 22.5. The van der Waals surface area contributed by atoms with Gasteiger partial charge in [-0.1, -0.05) is 6.07 Å². The average molecular weight is 354 g/mol. The van der Waals surface area contributed by atoms with E-state index in [0.717, 1.165) is 32.2 Å². The maximum absolute atomic E-state index is 12.5. The van der Waals surface area contributed by atoms with E-state index in [1.54, 1.807) is 6.20 Å². The molecule has 0 unspecified atom stereocenters. The summed E-state index contributed by atoms with van der Waals surface area (Å²) in [7, 11) is 0. The first-order valence-electron chi connectivity index (χ1n) is 7.34. The van der Waals surface area contributed by atoms with Gasteiger partial charge in [0.2, 0.25) is 0 Å². The molecule has 0 aliphatic carbocycles. The summed E-state index contributed by atoms with van der Waals surface area (Å²) in [5.41, 5.74) is 9.94. The first-order chi connectivity index (χ1) is 11.5. The molecule has 4 rings (SSSR count). The van der Waals surface area contributed by atoms with E-state index in [4.69, 9.17) is 10.7 Å². The lowest BCUT2D eigenvalue weighted by Crippen LogP contribution is -2.11. The van der Waals surface area contributed by atoms with Gasteiger partial charge in [-0.3, -0.25) is 10.1 Å². The van der Waals surface area contributed by atoms with E-state index in [2.05, 4.69) is 23.3 Å². The van der Waals surface area contributed by atoms with Crippen molar-refractivity contribution in [1.29, 1.82) is 0 Å². The Hall–Kier alpha value is -2.51. The van der Waals surface area contributed by atoms with E-state index in [-0.39, 0.29) is 5.91 Å². The quantitative estimate of drug-likeness (QED) is 0.560. The molecule has 0 saturated carbocycles. The summed E-state index contributed by atoms with van der Waals surface area (Å²) in [6.07, 6.45) is 1.65. The number of nitrogens with one attached hydrogen (secondary N) is 1. The van der Waals surface area contributed by atoms with Gasteiger partial charge in [0.05, 0.1) is 11.2 Å². The number of pyridine rings is 1. The van der Waals surface area contributed by atoms with Gasteiger partial charge in [-0.2, -0.15) is 0 Å². The molecular formula is C17H14N4OS2. The second kappa shape index (κ2) is 5.54. The van der Waals surface area contributed by atoms with Crippen LogP contribution in [0.3, 0.4) is 0 Å². The van der Waals surface area contributed by atoms with Crippen LogP contribution in [0.4, 0.5) is 10.8 Å². The molecule has 120 valence electrons. The van der Waals surface area contributed by atoms with Gasteiger partial charge in [0.15, 0.2) is 5.13 Å². The summed E-state index contributed by atoms with van der Waals surface area (Å²) < 4.78 is 0. The zero-order valence-corrected chi connectivity index (χ0v) is 14.7. The molecule has 0 fully saturated rings. The summed E-state index contributed by atoms with van der Waals surface area (Å²) in [5, 5.41) is 7.02. The second-order valence-electron chi connectivity index (χ2n) is 5.63. The summed E-state index contributed by atoms with van der Waals surface area (Å²) >= 11 is 2.68. The molecule has 1 aromatic carbocycles. The van der Waals surface area contributed by atoms with Crippen molar-refractivity contribution in [2.24, 2.45) is 0 Å². The number of carbonyl (C=O) groups excluding carboxylic acids is 1. The minimum atomic E-state index is -0.248. The van der Waals surface area contributed by atoms with Crippen LogP contribution in [0.15, 0.2) is 29.8 Å².